The Hall–Kier alpha value is -0.120. The van der Waals surface area contributed by atoms with Crippen molar-refractivity contribution in [2.75, 3.05) is 26.3 Å². The second-order valence-corrected chi connectivity index (χ2v) is 4.89. The molecule has 2 saturated heterocycles. The molecule has 0 spiro atoms. The maximum absolute atomic E-state index is 5.52. The van der Waals surface area contributed by atoms with Crippen LogP contribution in [0.4, 0.5) is 0 Å². The van der Waals surface area contributed by atoms with Crippen molar-refractivity contribution < 1.29 is 4.74 Å². The summed E-state index contributed by atoms with van der Waals surface area (Å²) in [5, 5.41) is 7.16. The van der Waals surface area contributed by atoms with Gasteiger partial charge in [0.1, 0.15) is 0 Å². The summed E-state index contributed by atoms with van der Waals surface area (Å²) >= 11 is 0. The summed E-state index contributed by atoms with van der Waals surface area (Å²) in [4.78, 5) is 0. The Balaban J connectivity index is 1.72. The predicted octanol–water partition coefficient (Wildman–Crippen LogP) is 0.897. The molecule has 0 bridgehead atoms. The Labute approximate surface area is 86.6 Å². The minimum Gasteiger partial charge on any atom is -0.380 e. The van der Waals surface area contributed by atoms with Gasteiger partial charge in [-0.15, -0.1) is 0 Å². The van der Waals surface area contributed by atoms with E-state index in [9.17, 15) is 0 Å². The van der Waals surface area contributed by atoms with Crippen LogP contribution in [0.1, 0.15) is 32.6 Å². The maximum atomic E-state index is 5.52. The Morgan fingerprint density at radius 1 is 1.50 bits per heavy atom. The topological polar surface area (TPSA) is 33.3 Å². The standard InChI is InChI=1S/C11H22N2O/c1-11(5-3-7-14-9-11)13-8-10-4-2-6-12-10/h10,12-13H,2-9H2,1H3. The molecule has 0 radical (unpaired) electrons. The zero-order valence-corrected chi connectivity index (χ0v) is 9.14. The first-order valence-corrected chi connectivity index (χ1v) is 5.85. The van der Waals surface area contributed by atoms with Crippen LogP contribution in [0, 0.1) is 0 Å². The van der Waals surface area contributed by atoms with Crippen LogP contribution in [0.15, 0.2) is 0 Å². The van der Waals surface area contributed by atoms with E-state index in [0.717, 1.165) is 19.8 Å². The quantitative estimate of drug-likeness (QED) is 0.707. The molecule has 0 aromatic heterocycles. The molecule has 0 amide bonds. The molecule has 2 aliphatic heterocycles. The molecule has 14 heavy (non-hydrogen) atoms. The second kappa shape index (κ2) is 4.60. The van der Waals surface area contributed by atoms with Crippen LogP contribution in [0.25, 0.3) is 0 Å². The van der Waals surface area contributed by atoms with E-state index in [1.165, 1.54) is 32.2 Å². The van der Waals surface area contributed by atoms with Crippen molar-refractivity contribution in [1.29, 1.82) is 0 Å². The van der Waals surface area contributed by atoms with Gasteiger partial charge >= 0.3 is 0 Å². The van der Waals surface area contributed by atoms with Crippen LogP contribution >= 0.6 is 0 Å². The summed E-state index contributed by atoms with van der Waals surface area (Å²) in [6.45, 7) is 6.39. The molecule has 3 nitrogen and oxygen atoms in total. The lowest BCUT2D eigenvalue weighted by Crippen LogP contribution is -2.52. The monoisotopic (exact) mass is 198 g/mol. The molecule has 2 heterocycles. The molecule has 2 N–H and O–H groups in total. The van der Waals surface area contributed by atoms with Gasteiger partial charge in [-0.3, -0.25) is 0 Å². The fraction of sp³-hybridized carbons (Fsp3) is 1.00. The first-order valence-electron chi connectivity index (χ1n) is 5.85. The van der Waals surface area contributed by atoms with Crippen molar-refractivity contribution in [1.82, 2.24) is 10.6 Å². The number of nitrogens with one attached hydrogen (secondary N) is 2. The number of rotatable bonds is 3. The van der Waals surface area contributed by atoms with Gasteiger partial charge in [0.15, 0.2) is 0 Å². The SMILES string of the molecule is CC1(NCC2CCCN2)CCCOC1. The van der Waals surface area contributed by atoms with E-state index >= 15 is 0 Å². The van der Waals surface area contributed by atoms with Crippen LogP contribution in [0.5, 0.6) is 0 Å². The zero-order chi connectivity index (χ0) is 9.86. The summed E-state index contributed by atoms with van der Waals surface area (Å²) < 4.78 is 5.52. The Kier molecular flexibility index (Phi) is 3.42. The molecule has 0 aromatic carbocycles. The fourth-order valence-corrected chi connectivity index (χ4v) is 2.37. The summed E-state index contributed by atoms with van der Waals surface area (Å²) in [7, 11) is 0. The molecule has 2 atom stereocenters. The van der Waals surface area contributed by atoms with Crippen LogP contribution in [-0.4, -0.2) is 37.9 Å². The number of hydrogen-bond donors (Lipinski definition) is 2. The molecule has 3 heteroatoms. The molecule has 0 aromatic rings. The van der Waals surface area contributed by atoms with E-state index in [2.05, 4.69) is 17.6 Å². The summed E-state index contributed by atoms with van der Waals surface area (Å²) in [5.41, 5.74) is 0.225. The van der Waals surface area contributed by atoms with Gasteiger partial charge in [0.05, 0.1) is 6.61 Å². The lowest BCUT2D eigenvalue weighted by atomic mass is 9.94. The van der Waals surface area contributed by atoms with Gasteiger partial charge in [-0.25, -0.2) is 0 Å². The van der Waals surface area contributed by atoms with Gasteiger partial charge in [0.25, 0.3) is 0 Å². The van der Waals surface area contributed by atoms with Crippen molar-refractivity contribution in [2.24, 2.45) is 0 Å². The molecule has 0 saturated carbocycles. The van der Waals surface area contributed by atoms with E-state index in [1.54, 1.807) is 0 Å². The van der Waals surface area contributed by atoms with E-state index < -0.39 is 0 Å². The fourth-order valence-electron chi connectivity index (χ4n) is 2.37. The van der Waals surface area contributed by atoms with Crippen molar-refractivity contribution in [3.05, 3.63) is 0 Å². The molecular weight excluding hydrogens is 176 g/mol. The predicted molar refractivity (Wildman–Crippen MR) is 57.5 cm³/mol. The highest BCUT2D eigenvalue weighted by atomic mass is 16.5. The third-order valence-corrected chi connectivity index (χ3v) is 3.38. The molecule has 82 valence electrons. The second-order valence-electron chi connectivity index (χ2n) is 4.89. The maximum Gasteiger partial charge on any atom is 0.0645 e. The van der Waals surface area contributed by atoms with Crippen molar-refractivity contribution in [3.63, 3.8) is 0 Å². The summed E-state index contributed by atoms with van der Waals surface area (Å²) in [6, 6.07) is 0.689. The van der Waals surface area contributed by atoms with E-state index in [4.69, 9.17) is 4.74 Å². The van der Waals surface area contributed by atoms with E-state index in [-0.39, 0.29) is 5.54 Å². The summed E-state index contributed by atoms with van der Waals surface area (Å²) in [6.07, 6.45) is 5.10. The molecule has 2 unspecified atom stereocenters. The highest BCUT2D eigenvalue weighted by Crippen LogP contribution is 2.18. The van der Waals surface area contributed by atoms with Crippen LogP contribution in [0.2, 0.25) is 0 Å². The Morgan fingerprint density at radius 2 is 2.43 bits per heavy atom. The van der Waals surface area contributed by atoms with Gasteiger partial charge in [-0.05, 0) is 39.2 Å². The normalized spacial score (nSPS) is 38.8. The van der Waals surface area contributed by atoms with Gasteiger partial charge in [0, 0.05) is 24.7 Å². The molecule has 2 aliphatic rings. The van der Waals surface area contributed by atoms with Gasteiger partial charge < -0.3 is 15.4 Å². The third kappa shape index (κ3) is 2.69. The highest BCUT2D eigenvalue weighted by molar-refractivity contribution is 4.88. The van der Waals surface area contributed by atoms with Crippen LogP contribution < -0.4 is 10.6 Å². The highest BCUT2D eigenvalue weighted by Gasteiger charge is 2.28. The Morgan fingerprint density at radius 3 is 3.07 bits per heavy atom. The largest absolute Gasteiger partial charge is 0.380 e. The molecule has 2 rings (SSSR count). The van der Waals surface area contributed by atoms with Gasteiger partial charge in [-0.2, -0.15) is 0 Å². The lowest BCUT2D eigenvalue weighted by molar-refractivity contribution is 0.0279. The number of ether oxygens (including phenoxy) is 1. The van der Waals surface area contributed by atoms with Gasteiger partial charge in [0.2, 0.25) is 0 Å². The minimum absolute atomic E-state index is 0.225. The average molecular weight is 198 g/mol. The van der Waals surface area contributed by atoms with Crippen molar-refractivity contribution in [3.8, 4) is 0 Å². The summed E-state index contributed by atoms with van der Waals surface area (Å²) in [5.74, 6) is 0. The van der Waals surface area contributed by atoms with Crippen LogP contribution in [-0.2, 0) is 4.74 Å². The smallest absolute Gasteiger partial charge is 0.0645 e. The molecular formula is C11H22N2O. The Bertz CT molecular complexity index is 172. The molecule has 0 aliphatic carbocycles. The third-order valence-electron chi connectivity index (χ3n) is 3.38. The number of hydrogen-bond acceptors (Lipinski definition) is 3. The first-order chi connectivity index (χ1) is 6.79. The van der Waals surface area contributed by atoms with Crippen molar-refractivity contribution >= 4 is 0 Å². The first kappa shape index (κ1) is 10.4. The average Bonchev–Trinajstić information content (AvgIpc) is 2.69. The van der Waals surface area contributed by atoms with Crippen molar-refractivity contribution in [2.45, 2.75) is 44.2 Å². The molecule has 2 fully saturated rings. The van der Waals surface area contributed by atoms with Gasteiger partial charge in [-0.1, -0.05) is 0 Å². The van der Waals surface area contributed by atoms with E-state index in [1.807, 2.05) is 0 Å². The minimum atomic E-state index is 0.225. The van der Waals surface area contributed by atoms with Crippen LogP contribution in [0.3, 0.4) is 0 Å². The van der Waals surface area contributed by atoms with E-state index in [0.29, 0.717) is 6.04 Å². The lowest BCUT2D eigenvalue weighted by Gasteiger charge is -2.35. The zero-order valence-electron chi connectivity index (χ0n) is 9.14.